The van der Waals surface area contributed by atoms with Crippen molar-refractivity contribution in [1.82, 2.24) is 5.32 Å². The number of rotatable bonds is 3. The van der Waals surface area contributed by atoms with Crippen LogP contribution in [-0.4, -0.2) is 24.7 Å². The molecule has 0 saturated heterocycles. The predicted octanol–water partition coefficient (Wildman–Crippen LogP) is 0.517. The van der Waals surface area contributed by atoms with Crippen molar-refractivity contribution in [3.8, 4) is 11.5 Å². The van der Waals surface area contributed by atoms with Crippen molar-refractivity contribution in [2.24, 2.45) is 0 Å². The molecular weight excluding hydrogens is 170 g/mol. The van der Waals surface area contributed by atoms with Gasteiger partial charge in [-0.2, -0.15) is 0 Å². The number of hydrogen-bond acceptors (Lipinski definition) is 3. The quantitative estimate of drug-likeness (QED) is 0.714. The summed E-state index contributed by atoms with van der Waals surface area (Å²) in [7, 11) is 1.54. The Hall–Kier alpha value is -1.71. The monoisotopic (exact) mass is 181 g/mol. The number of amides is 1. The highest BCUT2D eigenvalue weighted by Gasteiger charge is 1.99. The van der Waals surface area contributed by atoms with Gasteiger partial charge in [-0.15, -0.1) is 0 Å². The maximum atomic E-state index is 10.8. The Morgan fingerprint density at radius 1 is 1.62 bits per heavy atom. The number of aromatic hydroxyl groups is 1. The minimum absolute atomic E-state index is 0.0417. The highest BCUT2D eigenvalue weighted by molar-refractivity contribution is 5.77. The minimum Gasteiger partial charge on any atom is -0.508 e. The zero-order valence-corrected chi connectivity index (χ0v) is 7.28. The zero-order valence-electron chi connectivity index (χ0n) is 7.28. The minimum atomic E-state index is -0.205. The SMILES string of the molecule is CNC(=O)COc1cccc(O)c1. The van der Waals surface area contributed by atoms with Gasteiger partial charge >= 0.3 is 0 Å². The molecule has 4 heteroatoms. The molecule has 2 N–H and O–H groups in total. The van der Waals surface area contributed by atoms with E-state index < -0.39 is 0 Å². The summed E-state index contributed by atoms with van der Waals surface area (Å²) in [4.78, 5) is 10.8. The number of benzene rings is 1. The maximum Gasteiger partial charge on any atom is 0.257 e. The fourth-order valence-electron chi connectivity index (χ4n) is 0.794. The van der Waals surface area contributed by atoms with Gasteiger partial charge in [-0.05, 0) is 12.1 Å². The number of ether oxygens (including phenoxy) is 1. The van der Waals surface area contributed by atoms with Gasteiger partial charge in [0.15, 0.2) is 6.61 Å². The summed E-state index contributed by atoms with van der Waals surface area (Å²) in [6.45, 7) is -0.0417. The van der Waals surface area contributed by atoms with Crippen LogP contribution < -0.4 is 10.1 Å². The van der Waals surface area contributed by atoms with E-state index >= 15 is 0 Å². The lowest BCUT2D eigenvalue weighted by Gasteiger charge is -2.04. The largest absolute Gasteiger partial charge is 0.508 e. The Kier molecular flexibility index (Phi) is 3.14. The van der Waals surface area contributed by atoms with Crippen molar-refractivity contribution in [2.75, 3.05) is 13.7 Å². The smallest absolute Gasteiger partial charge is 0.257 e. The van der Waals surface area contributed by atoms with Crippen LogP contribution in [0.2, 0.25) is 0 Å². The third kappa shape index (κ3) is 3.02. The van der Waals surface area contributed by atoms with Crippen LogP contribution >= 0.6 is 0 Å². The van der Waals surface area contributed by atoms with E-state index in [-0.39, 0.29) is 18.3 Å². The molecule has 13 heavy (non-hydrogen) atoms. The molecule has 1 rings (SSSR count). The van der Waals surface area contributed by atoms with Crippen molar-refractivity contribution >= 4 is 5.91 Å². The Morgan fingerprint density at radius 2 is 2.38 bits per heavy atom. The first-order chi connectivity index (χ1) is 6.22. The Bertz CT molecular complexity index is 299. The number of carbonyl (C=O) groups is 1. The van der Waals surface area contributed by atoms with E-state index in [1.54, 1.807) is 12.1 Å². The molecule has 0 unspecified atom stereocenters. The van der Waals surface area contributed by atoms with Gasteiger partial charge in [-0.25, -0.2) is 0 Å². The summed E-state index contributed by atoms with van der Waals surface area (Å²) >= 11 is 0. The molecule has 0 aliphatic rings. The molecule has 0 aliphatic carbocycles. The van der Waals surface area contributed by atoms with Crippen molar-refractivity contribution in [3.05, 3.63) is 24.3 Å². The van der Waals surface area contributed by atoms with Gasteiger partial charge in [0.25, 0.3) is 5.91 Å². The summed E-state index contributed by atoms with van der Waals surface area (Å²) in [6.07, 6.45) is 0. The number of likely N-dealkylation sites (N-methyl/N-ethyl adjacent to an activating group) is 1. The van der Waals surface area contributed by atoms with Crippen LogP contribution in [0.3, 0.4) is 0 Å². The lowest BCUT2D eigenvalue weighted by Crippen LogP contribution is -2.24. The van der Waals surface area contributed by atoms with Crippen LogP contribution in [0, 0.1) is 0 Å². The molecule has 0 saturated carbocycles. The highest BCUT2D eigenvalue weighted by Crippen LogP contribution is 2.17. The molecule has 1 aromatic carbocycles. The van der Waals surface area contributed by atoms with E-state index in [1.807, 2.05) is 0 Å². The maximum absolute atomic E-state index is 10.8. The molecule has 0 atom stereocenters. The average Bonchev–Trinajstić information content (AvgIpc) is 2.14. The first kappa shape index (κ1) is 9.38. The number of nitrogens with one attached hydrogen (secondary N) is 1. The lowest BCUT2D eigenvalue weighted by molar-refractivity contribution is -0.122. The van der Waals surface area contributed by atoms with Gasteiger partial charge in [0.05, 0.1) is 0 Å². The first-order valence-electron chi connectivity index (χ1n) is 3.85. The number of phenolic OH excluding ortho intramolecular Hbond substituents is 1. The molecule has 0 radical (unpaired) electrons. The molecule has 70 valence electrons. The molecule has 0 bridgehead atoms. The molecule has 0 spiro atoms. The van der Waals surface area contributed by atoms with Crippen molar-refractivity contribution in [3.63, 3.8) is 0 Å². The Labute approximate surface area is 76.1 Å². The molecule has 0 aliphatic heterocycles. The van der Waals surface area contributed by atoms with E-state index in [4.69, 9.17) is 9.84 Å². The van der Waals surface area contributed by atoms with E-state index in [2.05, 4.69) is 5.32 Å². The highest BCUT2D eigenvalue weighted by atomic mass is 16.5. The van der Waals surface area contributed by atoms with Gasteiger partial charge in [0, 0.05) is 13.1 Å². The number of hydrogen-bond donors (Lipinski definition) is 2. The van der Waals surface area contributed by atoms with Crippen LogP contribution in [-0.2, 0) is 4.79 Å². The predicted molar refractivity (Wildman–Crippen MR) is 47.7 cm³/mol. The molecule has 0 heterocycles. The molecule has 4 nitrogen and oxygen atoms in total. The summed E-state index contributed by atoms with van der Waals surface area (Å²) in [5, 5.41) is 11.5. The second kappa shape index (κ2) is 4.35. The van der Waals surface area contributed by atoms with Gasteiger partial charge < -0.3 is 15.2 Å². The molecule has 1 aromatic rings. The van der Waals surface area contributed by atoms with Gasteiger partial charge in [0.1, 0.15) is 11.5 Å². The first-order valence-corrected chi connectivity index (χ1v) is 3.85. The van der Waals surface area contributed by atoms with E-state index in [0.29, 0.717) is 5.75 Å². The second-order valence-corrected chi connectivity index (χ2v) is 2.46. The zero-order chi connectivity index (χ0) is 9.68. The van der Waals surface area contributed by atoms with E-state index in [9.17, 15) is 4.79 Å². The van der Waals surface area contributed by atoms with Crippen LogP contribution in [0.1, 0.15) is 0 Å². The molecule has 1 amide bonds. The third-order valence-electron chi connectivity index (χ3n) is 1.47. The van der Waals surface area contributed by atoms with Crippen LogP contribution in [0.5, 0.6) is 11.5 Å². The van der Waals surface area contributed by atoms with Gasteiger partial charge in [-0.1, -0.05) is 6.07 Å². The van der Waals surface area contributed by atoms with E-state index in [0.717, 1.165) is 0 Å². The van der Waals surface area contributed by atoms with Crippen molar-refractivity contribution < 1.29 is 14.6 Å². The summed E-state index contributed by atoms with van der Waals surface area (Å²) < 4.78 is 5.07. The van der Waals surface area contributed by atoms with Crippen LogP contribution in [0.25, 0.3) is 0 Å². The second-order valence-electron chi connectivity index (χ2n) is 2.46. The Morgan fingerprint density at radius 3 is 3.00 bits per heavy atom. The molecule has 0 aromatic heterocycles. The third-order valence-corrected chi connectivity index (χ3v) is 1.47. The fourth-order valence-corrected chi connectivity index (χ4v) is 0.794. The standard InChI is InChI=1S/C9H11NO3/c1-10-9(12)6-13-8-4-2-3-7(11)5-8/h2-5,11H,6H2,1H3,(H,10,12). The van der Waals surface area contributed by atoms with Gasteiger partial charge in [0.2, 0.25) is 0 Å². The average molecular weight is 181 g/mol. The molecule has 0 fully saturated rings. The Balaban J connectivity index is 2.50. The summed E-state index contributed by atoms with van der Waals surface area (Å²) in [6, 6.07) is 6.30. The lowest BCUT2D eigenvalue weighted by atomic mass is 10.3. The number of phenols is 1. The van der Waals surface area contributed by atoms with Crippen LogP contribution in [0.4, 0.5) is 0 Å². The topological polar surface area (TPSA) is 58.6 Å². The van der Waals surface area contributed by atoms with Crippen molar-refractivity contribution in [1.29, 1.82) is 0 Å². The van der Waals surface area contributed by atoms with Crippen molar-refractivity contribution in [2.45, 2.75) is 0 Å². The van der Waals surface area contributed by atoms with E-state index in [1.165, 1.54) is 19.2 Å². The number of carbonyl (C=O) groups excluding carboxylic acids is 1. The summed E-state index contributed by atoms with van der Waals surface area (Å²) in [5.74, 6) is 0.390. The fraction of sp³-hybridized carbons (Fsp3) is 0.222. The normalized spacial score (nSPS) is 9.31. The van der Waals surface area contributed by atoms with Gasteiger partial charge in [-0.3, -0.25) is 4.79 Å². The van der Waals surface area contributed by atoms with Crippen LogP contribution in [0.15, 0.2) is 24.3 Å². The summed E-state index contributed by atoms with van der Waals surface area (Å²) in [5.41, 5.74) is 0. The molecular formula is C9H11NO3.